The Morgan fingerprint density at radius 1 is 0.500 bits per heavy atom. The van der Waals surface area contributed by atoms with Crippen molar-refractivity contribution in [2.75, 3.05) is 28.4 Å². The Morgan fingerprint density at radius 3 is 1.42 bits per heavy atom. The van der Waals surface area contributed by atoms with Crippen LogP contribution in [0.4, 0.5) is 0 Å². The van der Waals surface area contributed by atoms with Crippen LogP contribution in [0.1, 0.15) is 28.1 Å². The van der Waals surface area contributed by atoms with Gasteiger partial charge in [0.1, 0.15) is 17.2 Å². The number of nitrogens with zero attached hydrogens (tertiary/aromatic N) is 2. The number of carbonyl (C=O) groups is 1. The lowest BCUT2D eigenvalue weighted by Gasteiger charge is -2.13. The van der Waals surface area contributed by atoms with Gasteiger partial charge in [0.05, 0.1) is 51.2 Å². The van der Waals surface area contributed by atoms with E-state index in [1.807, 2.05) is 103 Å². The number of allylic oxidation sites excluding steroid dienone is 5. The molecule has 4 aromatic rings. The largest absolute Gasteiger partial charge is 0.497 e. The van der Waals surface area contributed by atoms with Gasteiger partial charge in [0.2, 0.25) is 11.8 Å². The zero-order chi connectivity index (χ0) is 34.6. The van der Waals surface area contributed by atoms with Crippen LogP contribution >= 0.6 is 0 Å². The summed E-state index contributed by atoms with van der Waals surface area (Å²) in [6.45, 7) is 0. The van der Waals surface area contributed by atoms with Crippen molar-refractivity contribution in [3.8, 4) is 17.2 Å². The number of aliphatic imine (C=N–C) groups is 2. The highest BCUT2D eigenvalue weighted by atomic mass is 16.5. The van der Waals surface area contributed by atoms with Gasteiger partial charge < -0.3 is 29.2 Å². The van der Waals surface area contributed by atoms with Crippen LogP contribution in [0.25, 0.3) is 16.7 Å². The van der Waals surface area contributed by atoms with E-state index in [1.54, 1.807) is 34.5 Å². The van der Waals surface area contributed by atoms with Gasteiger partial charge in [-0.05, 0) is 89.5 Å². The number of carbonyl (C=O) groups excluding carboxylic acids is 1. The molecule has 0 saturated heterocycles. The fraction of sp³-hybridized carbons (Fsp3) is 0.0976. The first kappa shape index (κ1) is 32.0. The van der Waals surface area contributed by atoms with Crippen LogP contribution in [-0.4, -0.2) is 50.9 Å². The van der Waals surface area contributed by atoms with E-state index in [2.05, 4.69) is 16.4 Å². The van der Waals surface area contributed by atoms with Crippen LogP contribution in [0.3, 0.4) is 0 Å². The normalized spacial score (nSPS) is 17.7. The van der Waals surface area contributed by atoms with Gasteiger partial charge in [-0.3, -0.25) is 4.79 Å². The molecule has 4 heterocycles. The minimum atomic E-state index is -0.178. The van der Waals surface area contributed by atoms with E-state index in [0.29, 0.717) is 17.3 Å². The molecule has 0 unspecified atom stereocenters. The van der Waals surface area contributed by atoms with E-state index in [4.69, 9.17) is 28.9 Å². The monoisotopic (exact) mass is 662 g/mol. The van der Waals surface area contributed by atoms with Gasteiger partial charge in [-0.25, -0.2) is 9.98 Å². The maximum atomic E-state index is 12.3. The van der Waals surface area contributed by atoms with Crippen molar-refractivity contribution in [1.29, 1.82) is 0 Å². The van der Waals surface area contributed by atoms with Gasteiger partial charge in [-0.2, -0.15) is 0 Å². The van der Waals surface area contributed by atoms with Gasteiger partial charge in [0.15, 0.2) is 0 Å². The molecule has 0 aliphatic carbocycles. The van der Waals surface area contributed by atoms with Gasteiger partial charge >= 0.3 is 0 Å². The topological polar surface area (TPSA) is 107 Å². The third kappa shape index (κ3) is 6.32. The van der Waals surface area contributed by atoms with Crippen molar-refractivity contribution in [1.82, 2.24) is 10.3 Å². The van der Waals surface area contributed by atoms with Crippen molar-refractivity contribution in [2.45, 2.75) is 0 Å². The van der Waals surface area contributed by atoms with Gasteiger partial charge in [0.25, 0.3) is 0 Å². The van der Waals surface area contributed by atoms with E-state index in [0.717, 1.165) is 73.4 Å². The molecule has 50 heavy (non-hydrogen) atoms. The van der Waals surface area contributed by atoms with E-state index in [9.17, 15) is 4.79 Å². The lowest BCUT2D eigenvalue weighted by atomic mass is 9.98. The first-order valence-corrected chi connectivity index (χ1v) is 15.9. The van der Waals surface area contributed by atoms with Crippen molar-refractivity contribution in [3.63, 3.8) is 0 Å². The number of methoxy groups -OCH3 is 4. The van der Waals surface area contributed by atoms with Crippen LogP contribution in [0.2, 0.25) is 0 Å². The molecule has 0 radical (unpaired) electrons. The molecule has 9 heteroatoms. The molecule has 0 bridgehead atoms. The van der Waals surface area contributed by atoms with E-state index in [1.165, 1.54) is 6.08 Å². The number of hydrogen-bond donors (Lipinski definition) is 2. The Balaban J connectivity index is 1.38. The number of rotatable bonds is 9. The molecule has 9 nitrogen and oxygen atoms in total. The summed E-state index contributed by atoms with van der Waals surface area (Å²) in [4.78, 5) is 25.9. The van der Waals surface area contributed by atoms with Crippen LogP contribution in [-0.2, 0) is 9.53 Å². The van der Waals surface area contributed by atoms with Crippen LogP contribution in [0.15, 0.2) is 148 Å². The second kappa shape index (κ2) is 13.9. The van der Waals surface area contributed by atoms with E-state index < -0.39 is 0 Å². The van der Waals surface area contributed by atoms with Crippen LogP contribution in [0, 0.1) is 0 Å². The number of amides is 1. The Bertz CT molecular complexity index is 2210. The van der Waals surface area contributed by atoms with Crippen molar-refractivity contribution in [3.05, 3.63) is 167 Å². The standard InChI is InChI=1S/C41H34N4O5/c1-47-28-11-5-25(6-12-28)39(31-17-19-33(42-31)40(35-21-23-37(46)44-35)26-7-13-29(48-2)14-8-26)32-18-20-34(43-32)41(36-22-24-38(45-36)50-4)27-9-15-30(49-3)16-10-27/h5-24,43H,1-4H3,(H,44,46)/b39-31-,40-35-,41-36-. The number of ether oxygens (including phenoxy) is 4. The lowest BCUT2D eigenvalue weighted by Crippen LogP contribution is -2.16. The number of nitrogens with one attached hydrogen (secondary N) is 2. The zero-order valence-corrected chi connectivity index (χ0v) is 28.0. The van der Waals surface area contributed by atoms with Gasteiger partial charge in [0, 0.05) is 40.3 Å². The fourth-order valence-electron chi connectivity index (χ4n) is 6.04. The Labute approximate surface area is 290 Å². The maximum absolute atomic E-state index is 12.3. The predicted octanol–water partition coefficient (Wildman–Crippen LogP) is 7.28. The third-order valence-electron chi connectivity index (χ3n) is 8.52. The Morgan fingerprint density at radius 2 is 0.980 bits per heavy atom. The molecule has 7 rings (SSSR count). The summed E-state index contributed by atoms with van der Waals surface area (Å²) in [5, 5.41) is 2.96. The SMILES string of the molecule is COC1=N/C(=C(/c2ccc(OC)cc2)c2ccc(/C(=C3/C=CC(C(=C4/C=CC(=O)N4)/c4ccc(OC)cc4)=N3)c3ccc(OC)cc3)[nH]2)C=C1. The van der Waals surface area contributed by atoms with E-state index >= 15 is 0 Å². The first-order chi connectivity index (χ1) is 24.5. The predicted molar refractivity (Wildman–Crippen MR) is 196 cm³/mol. The Hall–Kier alpha value is -6.61. The van der Waals surface area contributed by atoms with Crippen LogP contribution in [0.5, 0.6) is 17.2 Å². The number of aromatic nitrogens is 1. The molecular weight excluding hydrogens is 628 g/mol. The molecule has 3 aliphatic rings. The first-order valence-electron chi connectivity index (χ1n) is 15.9. The summed E-state index contributed by atoms with van der Waals surface area (Å²) >= 11 is 0. The molecule has 1 aromatic heterocycles. The molecule has 0 saturated carbocycles. The zero-order valence-electron chi connectivity index (χ0n) is 28.0. The van der Waals surface area contributed by atoms with Crippen molar-refractivity contribution in [2.24, 2.45) is 9.98 Å². The highest BCUT2D eigenvalue weighted by molar-refractivity contribution is 6.32. The van der Waals surface area contributed by atoms with Crippen molar-refractivity contribution < 1.29 is 23.7 Å². The molecule has 3 aromatic carbocycles. The summed E-state index contributed by atoms with van der Waals surface area (Å²) in [7, 11) is 6.54. The quantitative estimate of drug-likeness (QED) is 0.196. The van der Waals surface area contributed by atoms with Gasteiger partial charge in [-0.1, -0.05) is 36.4 Å². The van der Waals surface area contributed by atoms with Crippen molar-refractivity contribution >= 4 is 34.2 Å². The molecule has 0 atom stereocenters. The summed E-state index contributed by atoms with van der Waals surface area (Å²) in [5.41, 5.74) is 10.0. The number of H-pyrrole nitrogens is 1. The molecular formula is C41H34N4O5. The number of benzene rings is 3. The fourth-order valence-corrected chi connectivity index (χ4v) is 6.04. The summed E-state index contributed by atoms with van der Waals surface area (Å²) < 4.78 is 21.7. The molecule has 2 N–H and O–H groups in total. The molecule has 248 valence electrons. The summed E-state index contributed by atoms with van der Waals surface area (Å²) in [5.74, 6) is 2.60. The maximum Gasteiger partial charge on any atom is 0.248 e. The Kier molecular flexibility index (Phi) is 8.86. The highest BCUT2D eigenvalue weighted by Gasteiger charge is 2.24. The summed E-state index contributed by atoms with van der Waals surface area (Å²) in [6.07, 6.45) is 11.1. The van der Waals surface area contributed by atoms with Crippen LogP contribution < -0.4 is 19.5 Å². The average Bonchev–Trinajstić information content (AvgIpc) is 4.00. The summed E-state index contributed by atoms with van der Waals surface area (Å²) in [6, 6.07) is 27.6. The molecule has 0 spiro atoms. The number of aromatic amines is 1. The molecule has 0 fully saturated rings. The minimum absolute atomic E-state index is 0.178. The second-order valence-corrected chi connectivity index (χ2v) is 11.4. The minimum Gasteiger partial charge on any atom is -0.497 e. The van der Waals surface area contributed by atoms with E-state index in [-0.39, 0.29) is 5.91 Å². The lowest BCUT2D eigenvalue weighted by molar-refractivity contribution is -0.115. The average molecular weight is 663 g/mol. The third-order valence-corrected chi connectivity index (χ3v) is 8.52. The number of hydrogen-bond acceptors (Lipinski definition) is 7. The highest BCUT2D eigenvalue weighted by Crippen LogP contribution is 2.37. The molecule has 1 amide bonds. The molecule has 3 aliphatic heterocycles. The van der Waals surface area contributed by atoms with Gasteiger partial charge in [-0.15, -0.1) is 0 Å². The smallest absolute Gasteiger partial charge is 0.248 e. The second-order valence-electron chi connectivity index (χ2n) is 11.4.